The average Bonchev–Trinajstić information content (AvgIpc) is 2.74. The van der Waals surface area contributed by atoms with Gasteiger partial charge in [0.05, 0.1) is 0 Å². The number of carbonyl (C=O) groups is 1. The molecule has 1 aliphatic rings. The van der Waals surface area contributed by atoms with Crippen LogP contribution in [-0.4, -0.2) is 17.3 Å². The highest BCUT2D eigenvalue weighted by Gasteiger charge is 2.29. The predicted molar refractivity (Wildman–Crippen MR) is 76.3 cm³/mol. The predicted octanol–water partition coefficient (Wildman–Crippen LogP) is 3.74. The summed E-state index contributed by atoms with van der Waals surface area (Å²) in [4.78, 5) is 12.4. The Labute approximate surface area is 114 Å². The maximum atomic E-state index is 12.0. The largest absolute Gasteiger partial charge is 0.355 e. The van der Waals surface area contributed by atoms with Crippen LogP contribution in [0.15, 0.2) is 0 Å². The van der Waals surface area contributed by atoms with E-state index in [-0.39, 0.29) is 11.8 Å². The molecule has 0 saturated heterocycles. The van der Waals surface area contributed by atoms with E-state index in [0.29, 0.717) is 16.7 Å². The molecule has 1 rings (SSSR count). The fourth-order valence-electron chi connectivity index (χ4n) is 2.83. The topological polar surface area (TPSA) is 29.1 Å². The lowest BCUT2D eigenvalue weighted by atomic mass is 9.96. The molecule has 0 aliphatic heterocycles. The molecule has 0 heterocycles. The summed E-state index contributed by atoms with van der Waals surface area (Å²) in [6, 6.07) is 0. The monoisotopic (exact) mass is 303 g/mol. The van der Waals surface area contributed by atoms with Crippen LogP contribution in [0, 0.1) is 17.8 Å². The van der Waals surface area contributed by atoms with Crippen LogP contribution >= 0.6 is 15.9 Å². The van der Waals surface area contributed by atoms with Crippen LogP contribution in [0.1, 0.15) is 52.9 Å². The zero-order valence-corrected chi connectivity index (χ0v) is 12.9. The van der Waals surface area contributed by atoms with Crippen LogP contribution in [-0.2, 0) is 4.79 Å². The molecule has 1 N–H and O–H groups in total. The summed E-state index contributed by atoms with van der Waals surface area (Å²) in [5.41, 5.74) is 0. The Morgan fingerprint density at radius 2 is 2.00 bits per heavy atom. The molecule has 1 aliphatic carbocycles. The summed E-state index contributed by atoms with van der Waals surface area (Å²) in [5, 5.41) is 3.12. The maximum absolute atomic E-state index is 12.0. The van der Waals surface area contributed by atoms with Gasteiger partial charge in [-0.1, -0.05) is 56.0 Å². The molecule has 0 aromatic rings. The van der Waals surface area contributed by atoms with Crippen LogP contribution in [0.3, 0.4) is 0 Å². The number of amides is 1. The molecule has 1 amide bonds. The van der Waals surface area contributed by atoms with Gasteiger partial charge in [-0.3, -0.25) is 4.79 Å². The lowest BCUT2D eigenvalue weighted by molar-refractivity contribution is -0.125. The molecule has 3 unspecified atom stereocenters. The molecule has 2 nitrogen and oxygen atoms in total. The standard InChI is InChI=1S/C14H26BrNO/c1-4-11(5-2)13(15)9-16-14(17)12-8-6-7-10(12)3/h10-13H,4-9H2,1-3H3,(H,16,17). The van der Waals surface area contributed by atoms with E-state index in [1.54, 1.807) is 0 Å². The molecule has 0 spiro atoms. The van der Waals surface area contributed by atoms with Crippen molar-refractivity contribution in [1.29, 1.82) is 0 Å². The quantitative estimate of drug-likeness (QED) is 0.744. The van der Waals surface area contributed by atoms with Gasteiger partial charge in [0.25, 0.3) is 0 Å². The molecule has 100 valence electrons. The van der Waals surface area contributed by atoms with E-state index >= 15 is 0 Å². The molecular formula is C14H26BrNO. The second kappa shape index (κ2) is 7.40. The fourth-order valence-corrected chi connectivity index (χ4v) is 3.74. The van der Waals surface area contributed by atoms with Crippen molar-refractivity contribution in [1.82, 2.24) is 5.32 Å². The minimum Gasteiger partial charge on any atom is -0.355 e. The average molecular weight is 304 g/mol. The number of alkyl halides is 1. The second-order valence-electron chi connectivity index (χ2n) is 5.35. The SMILES string of the molecule is CCC(CC)C(Br)CNC(=O)C1CCCC1C. The van der Waals surface area contributed by atoms with Gasteiger partial charge in [-0.25, -0.2) is 0 Å². The highest BCUT2D eigenvalue weighted by Crippen LogP contribution is 2.31. The van der Waals surface area contributed by atoms with Gasteiger partial charge in [0.2, 0.25) is 5.91 Å². The first-order valence-electron chi connectivity index (χ1n) is 7.01. The first-order chi connectivity index (χ1) is 8.10. The molecule has 1 saturated carbocycles. The molecule has 0 aromatic heterocycles. The van der Waals surface area contributed by atoms with Gasteiger partial charge in [-0.15, -0.1) is 0 Å². The van der Waals surface area contributed by atoms with Gasteiger partial charge in [-0.05, 0) is 24.7 Å². The normalized spacial score (nSPS) is 26.2. The zero-order valence-electron chi connectivity index (χ0n) is 11.3. The fraction of sp³-hybridized carbons (Fsp3) is 0.929. The lowest BCUT2D eigenvalue weighted by Gasteiger charge is -2.22. The van der Waals surface area contributed by atoms with E-state index in [4.69, 9.17) is 0 Å². The molecule has 1 fully saturated rings. The van der Waals surface area contributed by atoms with Gasteiger partial charge >= 0.3 is 0 Å². The third-order valence-corrected chi connectivity index (χ3v) is 5.30. The Kier molecular flexibility index (Phi) is 6.53. The van der Waals surface area contributed by atoms with Gasteiger partial charge in [0.1, 0.15) is 0 Å². The highest BCUT2D eigenvalue weighted by atomic mass is 79.9. The number of nitrogens with one attached hydrogen (secondary N) is 1. The molecule has 0 aromatic carbocycles. The smallest absolute Gasteiger partial charge is 0.223 e. The number of hydrogen-bond acceptors (Lipinski definition) is 1. The van der Waals surface area contributed by atoms with E-state index in [9.17, 15) is 4.79 Å². The summed E-state index contributed by atoms with van der Waals surface area (Å²) >= 11 is 3.70. The van der Waals surface area contributed by atoms with Crippen molar-refractivity contribution in [3.05, 3.63) is 0 Å². The van der Waals surface area contributed by atoms with Crippen molar-refractivity contribution in [2.24, 2.45) is 17.8 Å². The number of halogens is 1. The molecule has 17 heavy (non-hydrogen) atoms. The van der Waals surface area contributed by atoms with Crippen LogP contribution < -0.4 is 5.32 Å². The van der Waals surface area contributed by atoms with Crippen molar-refractivity contribution < 1.29 is 4.79 Å². The summed E-state index contributed by atoms with van der Waals surface area (Å²) < 4.78 is 0. The Hall–Kier alpha value is -0.0500. The Bertz CT molecular complexity index is 240. The number of rotatable bonds is 6. The maximum Gasteiger partial charge on any atom is 0.223 e. The van der Waals surface area contributed by atoms with Crippen molar-refractivity contribution in [2.45, 2.75) is 57.7 Å². The summed E-state index contributed by atoms with van der Waals surface area (Å²) in [6.07, 6.45) is 5.83. The first kappa shape index (κ1) is 15.0. The van der Waals surface area contributed by atoms with Crippen molar-refractivity contribution in [2.75, 3.05) is 6.54 Å². The minimum atomic E-state index is 0.261. The van der Waals surface area contributed by atoms with Crippen LogP contribution in [0.2, 0.25) is 0 Å². The van der Waals surface area contributed by atoms with E-state index in [2.05, 4.69) is 42.0 Å². The molecule has 3 heteroatoms. The minimum absolute atomic E-state index is 0.261. The third-order valence-electron chi connectivity index (χ3n) is 4.23. The lowest BCUT2D eigenvalue weighted by Crippen LogP contribution is -2.37. The van der Waals surface area contributed by atoms with Crippen LogP contribution in [0.5, 0.6) is 0 Å². The highest BCUT2D eigenvalue weighted by molar-refractivity contribution is 9.09. The first-order valence-corrected chi connectivity index (χ1v) is 7.93. The third kappa shape index (κ3) is 4.27. The van der Waals surface area contributed by atoms with Crippen molar-refractivity contribution >= 4 is 21.8 Å². The summed E-state index contributed by atoms with van der Waals surface area (Å²) in [5.74, 6) is 1.76. The number of carbonyl (C=O) groups excluding carboxylic acids is 1. The van der Waals surface area contributed by atoms with Gasteiger partial charge in [0.15, 0.2) is 0 Å². The van der Waals surface area contributed by atoms with Gasteiger partial charge in [-0.2, -0.15) is 0 Å². The van der Waals surface area contributed by atoms with E-state index < -0.39 is 0 Å². The van der Waals surface area contributed by atoms with E-state index in [0.717, 1.165) is 13.0 Å². The molecule has 0 bridgehead atoms. The zero-order chi connectivity index (χ0) is 12.8. The van der Waals surface area contributed by atoms with Gasteiger partial charge < -0.3 is 5.32 Å². The van der Waals surface area contributed by atoms with Crippen molar-refractivity contribution in [3.63, 3.8) is 0 Å². The molecular weight excluding hydrogens is 278 g/mol. The van der Waals surface area contributed by atoms with E-state index in [1.807, 2.05) is 0 Å². The number of hydrogen-bond donors (Lipinski definition) is 1. The van der Waals surface area contributed by atoms with Crippen LogP contribution in [0.25, 0.3) is 0 Å². The summed E-state index contributed by atoms with van der Waals surface area (Å²) in [6.45, 7) is 7.39. The Morgan fingerprint density at radius 3 is 2.47 bits per heavy atom. The Balaban J connectivity index is 2.32. The van der Waals surface area contributed by atoms with Crippen LogP contribution in [0.4, 0.5) is 0 Å². The van der Waals surface area contributed by atoms with Gasteiger partial charge in [0, 0.05) is 17.3 Å². The van der Waals surface area contributed by atoms with Crippen molar-refractivity contribution in [3.8, 4) is 0 Å². The van der Waals surface area contributed by atoms with E-state index in [1.165, 1.54) is 25.7 Å². The Morgan fingerprint density at radius 1 is 1.35 bits per heavy atom. The second-order valence-corrected chi connectivity index (χ2v) is 6.53. The molecule has 0 radical (unpaired) electrons. The summed E-state index contributed by atoms with van der Waals surface area (Å²) in [7, 11) is 0. The molecule has 3 atom stereocenters.